The molecule has 4 unspecified atom stereocenters. The number of carbonyl (C=O) groups is 2. The van der Waals surface area contributed by atoms with E-state index in [0.717, 1.165) is 33.4 Å². The van der Waals surface area contributed by atoms with Crippen LogP contribution in [0.3, 0.4) is 0 Å². The monoisotopic (exact) mass is 666 g/mol. The van der Waals surface area contributed by atoms with Crippen LogP contribution in [0.5, 0.6) is 0 Å². The first kappa shape index (κ1) is 33.4. The highest BCUT2D eigenvalue weighted by atomic mass is 35.5. The highest BCUT2D eigenvalue weighted by Gasteiger charge is 2.38. The number of nitrogens with zero attached hydrogens (tertiary/aromatic N) is 2. The first-order valence-electron chi connectivity index (χ1n) is 15.0. The third kappa shape index (κ3) is 8.26. The fourth-order valence-electron chi connectivity index (χ4n) is 5.29. The maximum atomic E-state index is 12.1. The topological polar surface area (TPSA) is 124 Å². The van der Waals surface area contributed by atoms with Crippen LogP contribution < -0.4 is 10.6 Å². The minimum absolute atomic E-state index is 0.0339. The Morgan fingerprint density at radius 1 is 0.957 bits per heavy atom. The summed E-state index contributed by atoms with van der Waals surface area (Å²) in [4.78, 5) is 27.7. The van der Waals surface area contributed by atoms with Crippen LogP contribution in [0.4, 0.5) is 4.79 Å². The number of halogens is 2. The number of amides is 2. The normalized spacial score (nSPS) is 19.4. The van der Waals surface area contributed by atoms with E-state index in [4.69, 9.17) is 37.4 Å². The molecule has 0 radical (unpaired) electrons. The second kappa shape index (κ2) is 15.6. The van der Waals surface area contributed by atoms with Gasteiger partial charge < -0.3 is 34.5 Å². The lowest BCUT2D eigenvalue weighted by atomic mass is 9.90. The molecule has 2 heterocycles. The molecule has 4 aromatic rings. The highest BCUT2D eigenvalue weighted by molar-refractivity contribution is 6.40. The van der Waals surface area contributed by atoms with Gasteiger partial charge in [0.1, 0.15) is 11.7 Å². The molecule has 1 aliphatic rings. The number of ether oxygens (including phenoxy) is 3. The molecule has 0 aliphatic carbocycles. The molecule has 10 nitrogen and oxygen atoms in total. The molecule has 3 aromatic carbocycles. The van der Waals surface area contributed by atoms with E-state index in [0.29, 0.717) is 11.7 Å². The van der Waals surface area contributed by atoms with Crippen LogP contribution in [-0.4, -0.2) is 45.9 Å². The van der Waals surface area contributed by atoms with Crippen molar-refractivity contribution >= 4 is 35.2 Å². The van der Waals surface area contributed by atoms with Crippen molar-refractivity contribution in [2.75, 3.05) is 13.2 Å². The Morgan fingerprint density at radius 2 is 1.70 bits per heavy atom. The van der Waals surface area contributed by atoms with Crippen molar-refractivity contribution in [3.63, 3.8) is 0 Å². The Hall–Kier alpha value is -3.93. The van der Waals surface area contributed by atoms with Gasteiger partial charge in [-0.25, -0.2) is 9.78 Å². The SMILES string of the molecule is CCOC(=O)CNC(=O)NCc1cccc(-c2ccc(C3OC(Cn4cnc(Cl)c4Cl)C(C)C(c4ccc(CO)cc4)O3)cc2)c1. The molecule has 0 spiro atoms. The van der Waals surface area contributed by atoms with Gasteiger partial charge in [0, 0.05) is 18.0 Å². The maximum Gasteiger partial charge on any atom is 0.325 e. The summed E-state index contributed by atoms with van der Waals surface area (Å²) < 4.78 is 19.7. The van der Waals surface area contributed by atoms with Gasteiger partial charge in [-0.05, 0) is 40.8 Å². The second-order valence-electron chi connectivity index (χ2n) is 11.0. The Balaban J connectivity index is 1.30. The van der Waals surface area contributed by atoms with E-state index in [1.54, 1.807) is 17.8 Å². The first-order valence-corrected chi connectivity index (χ1v) is 15.7. The smallest absolute Gasteiger partial charge is 0.325 e. The number of hydrogen-bond acceptors (Lipinski definition) is 7. The Morgan fingerprint density at radius 3 is 2.37 bits per heavy atom. The number of hydrogen-bond donors (Lipinski definition) is 3. The zero-order valence-electron chi connectivity index (χ0n) is 25.5. The maximum absolute atomic E-state index is 12.1. The first-order chi connectivity index (χ1) is 22.2. The molecular formula is C34H36Cl2N4O6. The number of nitrogens with one attached hydrogen (secondary N) is 2. The third-order valence-electron chi connectivity index (χ3n) is 7.83. The zero-order valence-corrected chi connectivity index (χ0v) is 27.0. The number of rotatable bonds is 11. The van der Waals surface area contributed by atoms with E-state index in [1.165, 1.54) is 0 Å². The van der Waals surface area contributed by atoms with Crippen LogP contribution >= 0.6 is 23.2 Å². The van der Waals surface area contributed by atoms with E-state index < -0.39 is 18.3 Å². The van der Waals surface area contributed by atoms with Crippen LogP contribution in [0.15, 0.2) is 79.1 Å². The lowest BCUT2D eigenvalue weighted by Gasteiger charge is -2.41. The fraction of sp³-hybridized carbons (Fsp3) is 0.324. The Kier molecular flexibility index (Phi) is 11.3. The lowest BCUT2D eigenvalue weighted by molar-refractivity contribution is -0.276. The summed E-state index contributed by atoms with van der Waals surface area (Å²) >= 11 is 12.5. The van der Waals surface area contributed by atoms with E-state index >= 15 is 0 Å². The average molecular weight is 668 g/mol. The molecule has 5 rings (SSSR count). The van der Waals surface area contributed by atoms with Crippen molar-refractivity contribution in [1.29, 1.82) is 0 Å². The van der Waals surface area contributed by atoms with Crippen molar-refractivity contribution in [3.05, 3.63) is 112 Å². The van der Waals surface area contributed by atoms with Crippen molar-refractivity contribution in [3.8, 4) is 11.1 Å². The number of benzene rings is 3. The highest BCUT2D eigenvalue weighted by Crippen LogP contribution is 2.42. The number of aliphatic hydroxyl groups excluding tert-OH is 1. The van der Waals surface area contributed by atoms with Crippen molar-refractivity contribution in [2.45, 2.75) is 52.0 Å². The predicted octanol–water partition coefficient (Wildman–Crippen LogP) is 6.20. The van der Waals surface area contributed by atoms with Gasteiger partial charge in [-0.3, -0.25) is 4.79 Å². The number of carbonyl (C=O) groups excluding carboxylic acids is 2. The quantitative estimate of drug-likeness (QED) is 0.163. The summed E-state index contributed by atoms with van der Waals surface area (Å²) in [6, 6.07) is 23.1. The summed E-state index contributed by atoms with van der Waals surface area (Å²) in [5, 5.41) is 15.4. The fourth-order valence-corrected chi connectivity index (χ4v) is 5.61. The standard InChI is InChI=1S/C34H36Cl2N4O6/c1-3-44-29(42)17-38-34(43)37-16-23-5-4-6-27(15-23)24-11-13-26(14-12-24)33-45-28(18-40-20-39-31(35)32(40)36)21(2)30(46-33)25-9-7-22(19-41)8-10-25/h4-15,20-21,28,30,33,41H,3,16-19H2,1-2H3,(H2,37,38,43). The molecular weight excluding hydrogens is 631 g/mol. The molecule has 1 fully saturated rings. The third-order valence-corrected chi connectivity index (χ3v) is 8.60. The molecule has 242 valence electrons. The van der Waals surface area contributed by atoms with E-state index in [9.17, 15) is 14.7 Å². The molecule has 0 bridgehead atoms. The zero-order chi connectivity index (χ0) is 32.6. The molecule has 1 aromatic heterocycles. The number of urea groups is 1. The van der Waals surface area contributed by atoms with Gasteiger partial charge >= 0.3 is 12.0 Å². The summed E-state index contributed by atoms with van der Waals surface area (Å²) in [6.45, 7) is 4.54. The van der Waals surface area contributed by atoms with Crippen LogP contribution in [-0.2, 0) is 38.7 Å². The Labute approximate surface area is 277 Å². The number of aliphatic hydroxyl groups is 1. The van der Waals surface area contributed by atoms with Gasteiger partial charge in [0.05, 0.1) is 38.3 Å². The second-order valence-corrected chi connectivity index (χ2v) is 11.7. The van der Waals surface area contributed by atoms with E-state index in [2.05, 4.69) is 22.5 Å². The van der Waals surface area contributed by atoms with Crippen LogP contribution in [0.25, 0.3) is 11.1 Å². The molecule has 2 amide bonds. The summed E-state index contributed by atoms with van der Waals surface area (Å²) in [5.74, 6) is -0.534. The minimum Gasteiger partial charge on any atom is -0.465 e. The van der Waals surface area contributed by atoms with Crippen LogP contribution in [0, 0.1) is 5.92 Å². The largest absolute Gasteiger partial charge is 0.465 e. The van der Waals surface area contributed by atoms with E-state index in [-0.39, 0.29) is 49.6 Å². The van der Waals surface area contributed by atoms with Gasteiger partial charge in [-0.2, -0.15) is 0 Å². The molecule has 1 aliphatic heterocycles. The van der Waals surface area contributed by atoms with Gasteiger partial charge in [0.2, 0.25) is 0 Å². The lowest BCUT2D eigenvalue weighted by Crippen LogP contribution is -2.39. The van der Waals surface area contributed by atoms with Gasteiger partial charge in [-0.1, -0.05) is 96.9 Å². The van der Waals surface area contributed by atoms with Crippen molar-refractivity contribution in [1.82, 2.24) is 20.2 Å². The predicted molar refractivity (Wildman–Crippen MR) is 174 cm³/mol. The van der Waals surface area contributed by atoms with Crippen molar-refractivity contribution < 1.29 is 28.9 Å². The van der Waals surface area contributed by atoms with Crippen molar-refractivity contribution in [2.24, 2.45) is 5.92 Å². The molecule has 46 heavy (non-hydrogen) atoms. The van der Waals surface area contributed by atoms with Gasteiger partial charge in [0.25, 0.3) is 0 Å². The number of aromatic nitrogens is 2. The molecule has 3 N–H and O–H groups in total. The molecule has 12 heteroatoms. The summed E-state index contributed by atoms with van der Waals surface area (Å²) in [6.07, 6.45) is 0.388. The Bertz CT molecular complexity index is 1630. The average Bonchev–Trinajstić information content (AvgIpc) is 3.40. The minimum atomic E-state index is -0.654. The number of esters is 1. The summed E-state index contributed by atoms with van der Waals surface area (Å²) in [7, 11) is 0. The van der Waals surface area contributed by atoms with Crippen LogP contribution in [0.2, 0.25) is 10.3 Å². The van der Waals surface area contributed by atoms with Gasteiger partial charge in [-0.15, -0.1) is 0 Å². The number of imidazole rings is 1. The molecule has 0 saturated carbocycles. The van der Waals surface area contributed by atoms with Crippen LogP contribution in [0.1, 0.15) is 48.5 Å². The molecule has 4 atom stereocenters. The summed E-state index contributed by atoms with van der Waals surface area (Å²) in [5.41, 5.74) is 5.51. The van der Waals surface area contributed by atoms with Gasteiger partial charge in [0.15, 0.2) is 11.4 Å². The van der Waals surface area contributed by atoms with E-state index in [1.807, 2.05) is 72.8 Å². The molecule has 1 saturated heterocycles.